The summed E-state index contributed by atoms with van der Waals surface area (Å²) in [7, 11) is 1.51. The summed E-state index contributed by atoms with van der Waals surface area (Å²) in [6, 6.07) is 4.69. The molecule has 0 aliphatic heterocycles. The number of benzene rings is 1. The second-order valence-electron chi connectivity index (χ2n) is 3.65. The van der Waals surface area contributed by atoms with E-state index in [1.54, 1.807) is 12.1 Å². The smallest absolute Gasteiger partial charge is 0.156 e. The van der Waals surface area contributed by atoms with Crippen LogP contribution in [0.1, 0.15) is 5.82 Å². The van der Waals surface area contributed by atoms with Gasteiger partial charge < -0.3 is 4.74 Å². The molecule has 1 heterocycles. The van der Waals surface area contributed by atoms with Crippen molar-refractivity contribution in [2.24, 2.45) is 0 Å². The minimum atomic E-state index is -0.561. The van der Waals surface area contributed by atoms with Gasteiger partial charge in [0.25, 0.3) is 0 Å². The first-order valence-electron chi connectivity index (χ1n) is 5.19. The van der Waals surface area contributed by atoms with Crippen molar-refractivity contribution in [3.63, 3.8) is 0 Å². The van der Waals surface area contributed by atoms with Crippen LogP contribution in [0.2, 0.25) is 10.2 Å². The fraction of sp³-hybridized carbons (Fsp3) is 0.167. The number of rotatable bonds is 3. The van der Waals surface area contributed by atoms with Gasteiger partial charge in [0.1, 0.15) is 11.8 Å². The molecule has 0 saturated heterocycles. The minimum absolute atomic E-state index is 0.000487. The first-order valence-corrected chi connectivity index (χ1v) is 6.74. The van der Waals surface area contributed by atoms with E-state index in [4.69, 9.17) is 27.9 Å². The van der Waals surface area contributed by atoms with Crippen molar-refractivity contribution in [3.05, 3.63) is 44.5 Å². The van der Waals surface area contributed by atoms with E-state index in [-0.39, 0.29) is 22.3 Å². The third-order valence-electron chi connectivity index (χ3n) is 2.33. The first kappa shape index (κ1) is 14.7. The van der Waals surface area contributed by atoms with Gasteiger partial charge in [-0.15, -0.1) is 0 Å². The summed E-state index contributed by atoms with van der Waals surface area (Å²) in [5.74, 6) is -0.183. The molecule has 0 fully saturated rings. The van der Waals surface area contributed by atoms with E-state index in [1.165, 1.54) is 13.2 Å². The molecule has 3 nitrogen and oxygen atoms in total. The molecule has 0 aliphatic carbocycles. The van der Waals surface area contributed by atoms with Crippen LogP contribution in [-0.4, -0.2) is 17.1 Å². The molecule has 0 amide bonds. The standard InChI is InChI=1S/C12H8BrCl2FN2O/c1-19-5-10-17-8(4-9(14)18-10)6-2-3-7(13)11(15)12(6)16/h2-4H,5H2,1H3. The lowest BCUT2D eigenvalue weighted by Gasteiger charge is -2.07. The van der Waals surface area contributed by atoms with Gasteiger partial charge in [-0.3, -0.25) is 0 Å². The Balaban J connectivity index is 2.55. The summed E-state index contributed by atoms with van der Waals surface area (Å²) >= 11 is 14.9. The molecule has 1 aromatic carbocycles. The van der Waals surface area contributed by atoms with E-state index >= 15 is 0 Å². The second-order valence-corrected chi connectivity index (χ2v) is 5.27. The summed E-state index contributed by atoms with van der Waals surface area (Å²) in [5.41, 5.74) is 0.619. The van der Waals surface area contributed by atoms with Crippen LogP contribution < -0.4 is 0 Å². The molecule has 0 saturated carbocycles. The lowest BCUT2D eigenvalue weighted by Crippen LogP contribution is -2.00. The largest absolute Gasteiger partial charge is 0.377 e. The zero-order valence-corrected chi connectivity index (χ0v) is 12.9. The van der Waals surface area contributed by atoms with Gasteiger partial charge >= 0.3 is 0 Å². The van der Waals surface area contributed by atoms with E-state index in [2.05, 4.69) is 25.9 Å². The predicted molar refractivity (Wildman–Crippen MR) is 75.9 cm³/mol. The molecule has 100 valence electrons. The van der Waals surface area contributed by atoms with Gasteiger partial charge in [0.15, 0.2) is 11.6 Å². The van der Waals surface area contributed by atoms with Crippen LogP contribution in [0, 0.1) is 5.82 Å². The quantitative estimate of drug-likeness (QED) is 0.593. The van der Waals surface area contributed by atoms with Crippen molar-refractivity contribution in [3.8, 4) is 11.3 Å². The van der Waals surface area contributed by atoms with E-state index in [9.17, 15) is 4.39 Å². The highest BCUT2D eigenvalue weighted by atomic mass is 79.9. The van der Waals surface area contributed by atoms with Crippen molar-refractivity contribution in [1.29, 1.82) is 0 Å². The maximum absolute atomic E-state index is 14.1. The number of halogens is 4. The van der Waals surface area contributed by atoms with Crippen molar-refractivity contribution < 1.29 is 9.13 Å². The van der Waals surface area contributed by atoms with Crippen molar-refractivity contribution >= 4 is 39.1 Å². The molecule has 0 radical (unpaired) electrons. The summed E-state index contributed by atoms with van der Waals surface area (Å²) in [6.45, 7) is 0.194. The van der Waals surface area contributed by atoms with Gasteiger partial charge in [-0.05, 0) is 28.1 Å². The molecule has 0 unspecified atom stereocenters. The highest BCUT2D eigenvalue weighted by Crippen LogP contribution is 2.32. The average molecular weight is 366 g/mol. The van der Waals surface area contributed by atoms with Crippen LogP contribution in [0.3, 0.4) is 0 Å². The predicted octanol–water partition coefficient (Wildman–Crippen LogP) is 4.50. The summed E-state index contributed by atoms with van der Waals surface area (Å²) in [4.78, 5) is 8.17. The Labute approximate surface area is 127 Å². The minimum Gasteiger partial charge on any atom is -0.377 e. The number of aromatic nitrogens is 2. The lowest BCUT2D eigenvalue weighted by atomic mass is 10.1. The van der Waals surface area contributed by atoms with Crippen molar-refractivity contribution in [2.75, 3.05) is 7.11 Å². The number of ether oxygens (including phenoxy) is 1. The van der Waals surface area contributed by atoms with Gasteiger partial charge in [0, 0.05) is 23.2 Å². The fourth-order valence-electron chi connectivity index (χ4n) is 1.52. The molecule has 2 rings (SSSR count). The maximum Gasteiger partial charge on any atom is 0.156 e. The Hall–Kier alpha value is -0.750. The molecule has 19 heavy (non-hydrogen) atoms. The summed E-state index contributed by atoms with van der Waals surface area (Å²) in [5, 5.41) is 0.219. The highest BCUT2D eigenvalue weighted by Gasteiger charge is 2.14. The lowest BCUT2D eigenvalue weighted by molar-refractivity contribution is 0.178. The number of nitrogens with zero attached hydrogens (tertiary/aromatic N) is 2. The van der Waals surface area contributed by atoms with E-state index < -0.39 is 5.82 Å². The molecule has 7 heteroatoms. The highest BCUT2D eigenvalue weighted by molar-refractivity contribution is 9.10. The molecule has 0 spiro atoms. The number of hydrogen-bond acceptors (Lipinski definition) is 3. The summed E-state index contributed by atoms with van der Waals surface area (Å²) in [6.07, 6.45) is 0. The maximum atomic E-state index is 14.1. The normalized spacial score (nSPS) is 10.8. The van der Waals surface area contributed by atoms with E-state index in [0.29, 0.717) is 16.0 Å². The SMILES string of the molecule is COCc1nc(Cl)cc(-c2ccc(Br)c(Cl)c2F)n1. The van der Waals surface area contributed by atoms with E-state index in [1.807, 2.05) is 0 Å². The van der Waals surface area contributed by atoms with Crippen LogP contribution in [0.5, 0.6) is 0 Å². The molecule has 0 aliphatic rings. The van der Waals surface area contributed by atoms with Gasteiger partial charge in [0.05, 0.1) is 10.7 Å². The van der Waals surface area contributed by atoms with Gasteiger partial charge in [-0.25, -0.2) is 14.4 Å². The van der Waals surface area contributed by atoms with Gasteiger partial charge in [-0.1, -0.05) is 23.2 Å². The molecule has 0 N–H and O–H groups in total. The van der Waals surface area contributed by atoms with Crippen molar-refractivity contribution in [2.45, 2.75) is 6.61 Å². The Morgan fingerprint density at radius 2 is 2.05 bits per heavy atom. The summed E-state index contributed by atoms with van der Waals surface area (Å²) < 4.78 is 19.5. The Kier molecular flexibility index (Phi) is 4.73. The second kappa shape index (κ2) is 6.13. The molecule has 0 bridgehead atoms. The Morgan fingerprint density at radius 3 is 2.74 bits per heavy atom. The van der Waals surface area contributed by atoms with Crippen LogP contribution >= 0.6 is 39.1 Å². The zero-order chi connectivity index (χ0) is 14.0. The van der Waals surface area contributed by atoms with Crippen molar-refractivity contribution in [1.82, 2.24) is 9.97 Å². The van der Waals surface area contributed by atoms with Gasteiger partial charge in [0.2, 0.25) is 0 Å². The van der Waals surface area contributed by atoms with Gasteiger partial charge in [-0.2, -0.15) is 0 Å². The van der Waals surface area contributed by atoms with Crippen LogP contribution in [0.4, 0.5) is 4.39 Å². The molecular weight excluding hydrogens is 358 g/mol. The molecule has 0 atom stereocenters. The van der Waals surface area contributed by atoms with Crippen LogP contribution in [-0.2, 0) is 11.3 Å². The monoisotopic (exact) mass is 364 g/mol. The Morgan fingerprint density at radius 1 is 1.32 bits per heavy atom. The fourth-order valence-corrected chi connectivity index (χ4v) is 2.19. The van der Waals surface area contributed by atoms with Crippen LogP contribution in [0.25, 0.3) is 11.3 Å². The topological polar surface area (TPSA) is 35.0 Å². The molecule has 2 aromatic rings. The Bertz CT molecular complexity index is 625. The van der Waals surface area contributed by atoms with Crippen LogP contribution in [0.15, 0.2) is 22.7 Å². The average Bonchev–Trinajstić information content (AvgIpc) is 2.36. The molecule has 1 aromatic heterocycles. The zero-order valence-electron chi connectivity index (χ0n) is 9.75. The molecular formula is C12H8BrCl2FN2O. The number of hydrogen-bond donors (Lipinski definition) is 0. The first-order chi connectivity index (χ1) is 9.02. The van der Waals surface area contributed by atoms with E-state index in [0.717, 1.165) is 0 Å². The third-order valence-corrected chi connectivity index (χ3v) is 3.78. The number of methoxy groups -OCH3 is 1. The third kappa shape index (κ3) is 3.23.